The Morgan fingerprint density at radius 2 is 2.14 bits per heavy atom. The zero-order valence-corrected chi connectivity index (χ0v) is 14.3. The van der Waals surface area contributed by atoms with Gasteiger partial charge in [0, 0.05) is 23.1 Å². The highest BCUT2D eigenvalue weighted by molar-refractivity contribution is 9.10. The Hall–Kier alpha value is -0.580. The number of benzene rings is 1. The van der Waals surface area contributed by atoms with Gasteiger partial charge in [0.05, 0.1) is 16.9 Å². The van der Waals surface area contributed by atoms with Crippen LogP contribution >= 0.6 is 27.5 Å². The monoisotopic (exact) mass is 367 g/mol. The lowest BCUT2D eigenvalue weighted by molar-refractivity contribution is 0.156. The molecule has 0 saturated carbocycles. The molecule has 2 saturated heterocycles. The molecule has 0 radical (unpaired) electrons. The van der Waals surface area contributed by atoms with Crippen molar-refractivity contribution >= 4 is 38.6 Å². The Morgan fingerprint density at radius 1 is 1.24 bits per heavy atom. The minimum Gasteiger partial charge on any atom is -0.324 e. The zero-order chi connectivity index (χ0) is 14.4. The molecule has 3 nitrogen and oxygen atoms in total. The molecule has 4 rings (SSSR count). The van der Waals surface area contributed by atoms with E-state index in [2.05, 4.69) is 43.6 Å². The summed E-state index contributed by atoms with van der Waals surface area (Å²) in [4.78, 5) is 7.39. The van der Waals surface area contributed by atoms with Crippen molar-refractivity contribution in [2.45, 2.75) is 43.6 Å². The number of rotatable bonds is 2. The van der Waals surface area contributed by atoms with Crippen molar-refractivity contribution in [3.05, 3.63) is 28.5 Å². The van der Waals surface area contributed by atoms with E-state index in [9.17, 15) is 0 Å². The van der Waals surface area contributed by atoms with Gasteiger partial charge in [0.2, 0.25) is 0 Å². The molecular weight excluding hydrogens is 350 g/mol. The average Bonchev–Trinajstić information content (AvgIpc) is 3.09. The van der Waals surface area contributed by atoms with E-state index in [1.54, 1.807) is 0 Å². The van der Waals surface area contributed by atoms with E-state index < -0.39 is 0 Å². The molecule has 2 aliphatic heterocycles. The number of piperidine rings is 1. The van der Waals surface area contributed by atoms with Gasteiger partial charge < -0.3 is 9.47 Å². The molecule has 0 aliphatic carbocycles. The highest BCUT2D eigenvalue weighted by atomic mass is 79.9. The molecule has 21 heavy (non-hydrogen) atoms. The average molecular weight is 369 g/mol. The first-order chi connectivity index (χ1) is 10.3. The van der Waals surface area contributed by atoms with Crippen molar-refractivity contribution in [2.75, 3.05) is 13.1 Å². The maximum atomic E-state index is 6.17. The second-order valence-corrected chi connectivity index (χ2v) is 7.36. The molecule has 3 heterocycles. The lowest BCUT2D eigenvalue weighted by atomic mass is 9.97. The molecule has 2 fully saturated rings. The van der Waals surface area contributed by atoms with Crippen LogP contribution in [-0.4, -0.2) is 33.6 Å². The van der Waals surface area contributed by atoms with E-state index in [1.807, 2.05) is 0 Å². The van der Waals surface area contributed by atoms with Crippen molar-refractivity contribution in [2.24, 2.45) is 0 Å². The summed E-state index contributed by atoms with van der Waals surface area (Å²) in [6, 6.07) is 7.61. The second kappa shape index (κ2) is 5.56. The predicted molar refractivity (Wildman–Crippen MR) is 89.9 cm³/mol. The quantitative estimate of drug-likeness (QED) is 0.735. The summed E-state index contributed by atoms with van der Waals surface area (Å²) in [5.74, 6) is 1.50. The molecule has 1 aromatic heterocycles. The zero-order valence-electron chi connectivity index (χ0n) is 11.9. The predicted octanol–water partition coefficient (Wildman–Crippen LogP) is 4.34. The molecule has 2 aromatic rings. The summed E-state index contributed by atoms with van der Waals surface area (Å²) in [5, 5.41) is 0. The molecule has 1 aromatic carbocycles. The number of fused-ring (bicyclic) bond motifs is 2. The highest BCUT2D eigenvalue weighted by Crippen LogP contribution is 2.36. The van der Waals surface area contributed by atoms with Crippen molar-refractivity contribution in [1.29, 1.82) is 0 Å². The van der Waals surface area contributed by atoms with Crippen LogP contribution in [0.5, 0.6) is 0 Å². The lowest BCUT2D eigenvalue weighted by Crippen LogP contribution is -2.38. The number of hydrogen-bond acceptors (Lipinski definition) is 2. The summed E-state index contributed by atoms with van der Waals surface area (Å²) < 4.78 is 3.51. The van der Waals surface area contributed by atoms with Gasteiger partial charge in [-0.1, -0.05) is 15.9 Å². The Balaban J connectivity index is 1.76. The van der Waals surface area contributed by atoms with Crippen LogP contribution in [0.25, 0.3) is 11.0 Å². The van der Waals surface area contributed by atoms with Crippen LogP contribution in [-0.2, 0) is 5.88 Å². The van der Waals surface area contributed by atoms with Crippen LogP contribution < -0.4 is 0 Å². The number of hydrogen-bond donors (Lipinski definition) is 0. The third-order valence-electron chi connectivity index (χ3n) is 5.00. The van der Waals surface area contributed by atoms with E-state index >= 15 is 0 Å². The lowest BCUT2D eigenvalue weighted by Gasteiger charge is -2.36. The molecule has 2 unspecified atom stereocenters. The fraction of sp³-hybridized carbons (Fsp3) is 0.562. The van der Waals surface area contributed by atoms with Gasteiger partial charge >= 0.3 is 0 Å². The molecule has 2 atom stereocenters. The Morgan fingerprint density at radius 3 is 3.00 bits per heavy atom. The summed E-state index contributed by atoms with van der Waals surface area (Å²) in [7, 11) is 0. The molecule has 0 bridgehead atoms. The van der Waals surface area contributed by atoms with Gasteiger partial charge in [-0.3, -0.25) is 0 Å². The van der Waals surface area contributed by atoms with Gasteiger partial charge in [0.1, 0.15) is 5.82 Å². The normalized spacial score (nSPS) is 26.4. The third kappa shape index (κ3) is 2.41. The second-order valence-electron chi connectivity index (χ2n) is 6.17. The molecule has 5 heteroatoms. The minimum atomic E-state index is 0.483. The molecule has 0 N–H and O–H groups in total. The topological polar surface area (TPSA) is 21.1 Å². The summed E-state index contributed by atoms with van der Waals surface area (Å²) in [5.41, 5.74) is 2.28. The first-order valence-corrected chi connectivity index (χ1v) is 9.05. The molecule has 0 spiro atoms. The minimum absolute atomic E-state index is 0.483. The third-order valence-corrected chi connectivity index (χ3v) is 5.73. The fourth-order valence-electron chi connectivity index (χ4n) is 4.06. The largest absolute Gasteiger partial charge is 0.324 e. The summed E-state index contributed by atoms with van der Waals surface area (Å²) in [6.45, 7) is 2.50. The number of halogens is 2. The number of alkyl halides is 1. The van der Waals surface area contributed by atoms with Gasteiger partial charge in [0.15, 0.2) is 0 Å². The molecule has 112 valence electrons. The van der Waals surface area contributed by atoms with Gasteiger partial charge in [-0.15, -0.1) is 11.6 Å². The van der Waals surface area contributed by atoms with Crippen molar-refractivity contribution in [3.8, 4) is 0 Å². The Labute approximate surface area is 138 Å². The van der Waals surface area contributed by atoms with Crippen molar-refractivity contribution < 1.29 is 0 Å². The first kappa shape index (κ1) is 14.0. The first-order valence-electron chi connectivity index (χ1n) is 7.72. The van der Waals surface area contributed by atoms with Gasteiger partial charge in [-0.2, -0.15) is 0 Å². The SMILES string of the molecule is ClCc1nc2ccc(Br)cc2n1C1CCN2CCCC2C1. The maximum absolute atomic E-state index is 6.17. The van der Waals surface area contributed by atoms with Gasteiger partial charge in [-0.25, -0.2) is 4.98 Å². The Bertz CT molecular complexity index is 669. The Kier molecular flexibility index (Phi) is 3.72. The number of nitrogens with zero attached hydrogens (tertiary/aromatic N) is 3. The van der Waals surface area contributed by atoms with Gasteiger partial charge in [0.25, 0.3) is 0 Å². The highest BCUT2D eigenvalue weighted by Gasteiger charge is 2.33. The number of imidazole rings is 1. The summed E-state index contributed by atoms with van der Waals surface area (Å²) in [6.07, 6.45) is 5.15. The van der Waals surface area contributed by atoms with Crippen molar-refractivity contribution in [3.63, 3.8) is 0 Å². The van der Waals surface area contributed by atoms with E-state index in [-0.39, 0.29) is 0 Å². The van der Waals surface area contributed by atoms with E-state index in [0.717, 1.165) is 21.9 Å². The van der Waals surface area contributed by atoms with E-state index in [0.29, 0.717) is 11.9 Å². The molecule has 2 aliphatic rings. The van der Waals surface area contributed by atoms with Crippen molar-refractivity contribution in [1.82, 2.24) is 14.5 Å². The van der Waals surface area contributed by atoms with E-state index in [1.165, 1.54) is 44.3 Å². The van der Waals surface area contributed by atoms with Crippen LogP contribution in [0.3, 0.4) is 0 Å². The van der Waals surface area contributed by atoms with Crippen LogP contribution in [0.1, 0.15) is 37.5 Å². The molecular formula is C16H19BrClN3. The maximum Gasteiger partial charge on any atom is 0.125 e. The van der Waals surface area contributed by atoms with Crippen LogP contribution in [0, 0.1) is 0 Å². The molecule has 0 amide bonds. The summed E-state index contributed by atoms with van der Waals surface area (Å²) >= 11 is 9.75. The standard InChI is InChI=1S/C16H19BrClN3/c17-11-3-4-14-15(8-11)21(16(10-18)19-14)13-5-7-20-6-1-2-12(20)9-13/h3-4,8,12-13H,1-2,5-7,9-10H2. The number of aromatic nitrogens is 2. The van der Waals surface area contributed by atoms with Crippen LogP contribution in [0.4, 0.5) is 0 Å². The smallest absolute Gasteiger partial charge is 0.125 e. The fourth-order valence-corrected chi connectivity index (χ4v) is 4.59. The van der Waals surface area contributed by atoms with Crippen LogP contribution in [0.15, 0.2) is 22.7 Å². The van der Waals surface area contributed by atoms with Gasteiger partial charge in [-0.05, 0) is 50.4 Å². The van der Waals surface area contributed by atoms with E-state index in [4.69, 9.17) is 16.6 Å². The van der Waals surface area contributed by atoms with Crippen LogP contribution in [0.2, 0.25) is 0 Å².